The third-order valence-electron chi connectivity index (χ3n) is 2.60. The quantitative estimate of drug-likeness (QED) is 0.931. The summed E-state index contributed by atoms with van der Waals surface area (Å²) < 4.78 is 18.4. The highest BCUT2D eigenvalue weighted by Gasteiger charge is 2.17. The molecule has 0 spiro atoms. The van der Waals surface area contributed by atoms with E-state index in [2.05, 4.69) is 0 Å². The van der Waals surface area contributed by atoms with Crippen molar-refractivity contribution in [1.82, 2.24) is 0 Å². The Balaban J connectivity index is 2.29. The molecule has 0 aliphatic carbocycles. The molecule has 0 aliphatic rings. The Labute approximate surface area is 113 Å². The highest BCUT2D eigenvalue weighted by Crippen LogP contribution is 2.25. The van der Waals surface area contributed by atoms with Crippen molar-refractivity contribution in [3.05, 3.63) is 46.4 Å². The summed E-state index contributed by atoms with van der Waals surface area (Å²) >= 11 is 1.48. The molecule has 0 saturated carbocycles. The van der Waals surface area contributed by atoms with Gasteiger partial charge in [-0.2, -0.15) is 11.3 Å². The molecule has 2 aromatic rings. The summed E-state index contributed by atoms with van der Waals surface area (Å²) in [6.45, 7) is 0.185. The third-order valence-corrected chi connectivity index (χ3v) is 3.33. The molecule has 19 heavy (non-hydrogen) atoms. The van der Waals surface area contributed by atoms with Gasteiger partial charge in [0.15, 0.2) is 11.6 Å². The lowest BCUT2D eigenvalue weighted by Gasteiger charge is -2.19. The number of carboxylic acid groups (broad SMARTS) is 1. The molecule has 0 unspecified atom stereocenters. The van der Waals surface area contributed by atoms with Gasteiger partial charge in [0.1, 0.15) is 0 Å². The Hall–Kier alpha value is -2.08. The van der Waals surface area contributed by atoms with Crippen molar-refractivity contribution in [2.45, 2.75) is 6.54 Å². The highest BCUT2D eigenvalue weighted by molar-refractivity contribution is 7.07. The van der Waals surface area contributed by atoms with Crippen LogP contribution in [0.5, 0.6) is 5.75 Å². The smallest absolute Gasteiger partial charge is 0.412 e. The summed E-state index contributed by atoms with van der Waals surface area (Å²) in [7, 11) is 1.36. The second kappa shape index (κ2) is 5.71. The van der Waals surface area contributed by atoms with Crippen LogP contribution in [0.15, 0.2) is 35.0 Å². The second-order valence-electron chi connectivity index (χ2n) is 3.82. The molecule has 0 atom stereocenters. The standard InChI is InChI=1S/C13H12FNO3S/c1-18-12-3-2-10(6-11(12)14)15(13(16)17)7-9-4-5-19-8-9/h2-6,8H,7H2,1H3,(H,16,17). The lowest BCUT2D eigenvalue weighted by atomic mass is 10.2. The number of amides is 1. The number of benzene rings is 1. The van der Waals surface area contributed by atoms with E-state index in [4.69, 9.17) is 4.74 Å². The molecule has 1 heterocycles. The molecule has 0 saturated heterocycles. The molecule has 1 N–H and O–H groups in total. The van der Waals surface area contributed by atoms with Crippen molar-refractivity contribution in [2.24, 2.45) is 0 Å². The molecule has 1 amide bonds. The van der Waals surface area contributed by atoms with E-state index in [1.807, 2.05) is 16.8 Å². The van der Waals surface area contributed by atoms with Crippen LogP contribution in [-0.4, -0.2) is 18.3 Å². The first-order valence-electron chi connectivity index (χ1n) is 5.47. The fraction of sp³-hybridized carbons (Fsp3) is 0.154. The Morgan fingerprint density at radius 3 is 2.79 bits per heavy atom. The van der Waals surface area contributed by atoms with Gasteiger partial charge in [-0.1, -0.05) is 0 Å². The van der Waals surface area contributed by atoms with E-state index in [9.17, 15) is 14.3 Å². The van der Waals surface area contributed by atoms with Gasteiger partial charge in [0.2, 0.25) is 0 Å². The van der Waals surface area contributed by atoms with Crippen molar-refractivity contribution in [2.75, 3.05) is 12.0 Å². The van der Waals surface area contributed by atoms with E-state index in [1.54, 1.807) is 0 Å². The minimum Gasteiger partial charge on any atom is -0.494 e. The number of ether oxygens (including phenoxy) is 1. The Morgan fingerprint density at radius 2 is 2.26 bits per heavy atom. The predicted molar refractivity (Wildman–Crippen MR) is 71.5 cm³/mol. The molecule has 0 aliphatic heterocycles. The van der Waals surface area contributed by atoms with Crippen LogP contribution in [0, 0.1) is 5.82 Å². The summed E-state index contributed by atoms with van der Waals surface area (Å²) in [5.74, 6) is -0.499. The normalized spacial score (nSPS) is 10.2. The van der Waals surface area contributed by atoms with Crippen LogP contribution in [-0.2, 0) is 6.54 Å². The molecule has 2 rings (SSSR count). The van der Waals surface area contributed by atoms with Crippen molar-refractivity contribution in [1.29, 1.82) is 0 Å². The molecule has 0 radical (unpaired) electrons. The van der Waals surface area contributed by atoms with Crippen LogP contribution >= 0.6 is 11.3 Å². The Bertz CT molecular complexity index is 571. The SMILES string of the molecule is COc1ccc(N(Cc2ccsc2)C(=O)O)cc1F. The van der Waals surface area contributed by atoms with Gasteiger partial charge in [-0.05, 0) is 34.5 Å². The van der Waals surface area contributed by atoms with Crippen LogP contribution in [0.2, 0.25) is 0 Å². The van der Waals surface area contributed by atoms with E-state index >= 15 is 0 Å². The minimum absolute atomic E-state index is 0.0876. The monoisotopic (exact) mass is 281 g/mol. The van der Waals surface area contributed by atoms with E-state index in [0.717, 1.165) is 16.5 Å². The topological polar surface area (TPSA) is 49.8 Å². The fourth-order valence-electron chi connectivity index (χ4n) is 1.66. The first-order valence-corrected chi connectivity index (χ1v) is 6.41. The van der Waals surface area contributed by atoms with Crippen molar-refractivity contribution >= 4 is 23.1 Å². The number of methoxy groups -OCH3 is 1. The van der Waals surface area contributed by atoms with Gasteiger partial charge < -0.3 is 9.84 Å². The molecule has 100 valence electrons. The zero-order chi connectivity index (χ0) is 13.8. The maximum Gasteiger partial charge on any atom is 0.412 e. The fourth-order valence-corrected chi connectivity index (χ4v) is 2.32. The summed E-state index contributed by atoms with van der Waals surface area (Å²) in [6, 6.07) is 5.91. The lowest BCUT2D eigenvalue weighted by Crippen LogP contribution is -2.28. The average Bonchev–Trinajstić information content (AvgIpc) is 2.88. The average molecular weight is 281 g/mol. The number of nitrogens with zero attached hydrogens (tertiary/aromatic N) is 1. The summed E-state index contributed by atoms with van der Waals surface area (Å²) in [4.78, 5) is 12.4. The van der Waals surface area contributed by atoms with E-state index in [0.29, 0.717) is 0 Å². The summed E-state index contributed by atoms with van der Waals surface area (Å²) in [5.41, 5.74) is 1.14. The third kappa shape index (κ3) is 3.03. The summed E-state index contributed by atoms with van der Waals surface area (Å²) in [5, 5.41) is 12.9. The summed E-state index contributed by atoms with van der Waals surface area (Å²) in [6.07, 6.45) is -1.13. The molecular formula is C13H12FNO3S. The first kappa shape index (κ1) is 13.4. The van der Waals surface area contributed by atoms with E-state index in [-0.39, 0.29) is 18.0 Å². The second-order valence-corrected chi connectivity index (χ2v) is 4.60. The largest absolute Gasteiger partial charge is 0.494 e. The number of hydrogen-bond donors (Lipinski definition) is 1. The number of halogens is 1. The molecule has 1 aromatic carbocycles. The van der Waals surface area contributed by atoms with Crippen LogP contribution in [0.25, 0.3) is 0 Å². The van der Waals surface area contributed by atoms with E-state index < -0.39 is 11.9 Å². The number of thiophene rings is 1. The zero-order valence-electron chi connectivity index (χ0n) is 10.2. The maximum atomic E-state index is 13.6. The number of anilines is 1. The maximum absolute atomic E-state index is 13.6. The van der Waals surface area contributed by atoms with Crippen molar-refractivity contribution < 1.29 is 19.0 Å². The van der Waals surface area contributed by atoms with Gasteiger partial charge in [0.05, 0.1) is 19.3 Å². The zero-order valence-corrected chi connectivity index (χ0v) is 11.0. The van der Waals surface area contributed by atoms with Crippen LogP contribution in [0.3, 0.4) is 0 Å². The van der Waals surface area contributed by atoms with Crippen LogP contribution in [0.4, 0.5) is 14.9 Å². The number of rotatable bonds is 4. The van der Waals surface area contributed by atoms with Gasteiger partial charge in [0.25, 0.3) is 0 Å². The lowest BCUT2D eigenvalue weighted by molar-refractivity contribution is 0.201. The molecule has 0 fully saturated rings. The van der Waals surface area contributed by atoms with Crippen molar-refractivity contribution in [3.8, 4) is 5.75 Å². The van der Waals surface area contributed by atoms with Gasteiger partial charge in [0, 0.05) is 6.07 Å². The highest BCUT2D eigenvalue weighted by atomic mass is 32.1. The minimum atomic E-state index is -1.13. The van der Waals surface area contributed by atoms with E-state index in [1.165, 1.54) is 30.6 Å². The Morgan fingerprint density at radius 1 is 1.47 bits per heavy atom. The van der Waals surface area contributed by atoms with Gasteiger partial charge in [-0.25, -0.2) is 9.18 Å². The van der Waals surface area contributed by atoms with Crippen molar-refractivity contribution in [3.63, 3.8) is 0 Å². The van der Waals surface area contributed by atoms with Gasteiger partial charge in [-0.3, -0.25) is 4.90 Å². The first-order chi connectivity index (χ1) is 9.11. The molecule has 0 bridgehead atoms. The number of carbonyl (C=O) groups is 1. The molecular weight excluding hydrogens is 269 g/mol. The predicted octanol–water partition coefficient (Wildman–Crippen LogP) is 3.58. The molecule has 6 heteroatoms. The van der Waals surface area contributed by atoms with Crippen LogP contribution in [0.1, 0.15) is 5.56 Å². The Kier molecular flexibility index (Phi) is 4.01. The van der Waals surface area contributed by atoms with Gasteiger partial charge >= 0.3 is 6.09 Å². The van der Waals surface area contributed by atoms with Crippen LogP contribution < -0.4 is 9.64 Å². The number of hydrogen-bond acceptors (Lipinski definition) is 3. The molecule has 1 aromatic heterocycles. The molecule has 4 nitrogen and oxygen atoms in total. The van der Waals surface area contributed by atoms with Gasteiger partial charge in [-0.15, -0.1) is 0 Å².